The van der Waals surface area contributed by atoms with Crippen molar-refractivity contribution in [2.24, 2.45) is 0 Å². The predicted octanol–water partition coefficient (Wildman–Crippen LogP) is 4.56. The quantitative estimate of drug-likeness (QED) is 0.685. The first-order valence-electron chi connectivity index (χ1n) is 6.61. The van der Waals surface area contributed by atoms with E-state index in [4.69, 9.17) is 0 Å². The van der Waals surface area contributed by atoms with Crippen LogP contribution in [0.2, 0.25) is 0 Å². The number of halogens is 2. The summed E-state index contributed by atoms with van der Waals surface area (Å²) in [7, 11) is 0. The van der Waals surface area contributed by atoms with Crippen molar-refractivity contribution in [3.63, 3.8) is 0 Å². The number of aromatic nitrogens is 2. The molecule has 0 atom stereocenters. The van der Waals surface area contributed by atoms with Gasteiger partial charge in [0.15, 0.2) is 0 Å². The number of nitrogens with one attached hydrogen (secondary N) is 1. The minimum Gasteiger partial charge on any atom is -0.369 e. The molecular weight excluding hydrogens is 429 g/mol. The molecule has 5 heteroatoms. The summed E-state index contributed by atoms with van der Waals surface area (Å²) in [5, 5.41) is 3.37. The van der Waals surface area contributed by atoms with Crippen LogP contribution in [-0.4, -0.2) is 16.5 Å². The Hall–Kier alpha value is -0.690. The van der Waals surface area contributed by atoms with E-state index in [0.717, 1.165) is 44.8 Å². The van der Waals surface area contributed by atoms with Crippen LogP contribution >= 0.6 is 38.5 Å². The normalized spacial score (nSPS) is 10.6. The van der Waals surface area contributed by atoms with Crippen molar-refractivity contribution >= 4 is 44.3 Å². The van der Waals surface area contributed by atoms with Gasteiger partial charge in [0.05, 0.1) is 9.26 Å². The summed E-state index contributed by atoms with van der Waals surface area (Å²) < 4.78 is 2.20. The SMILES string of the molecule is CCCNc1nc(Cc2ccc(Br)cc2)nc(C)c1I. The van der Waals surface area contributed by atoms with Crippen molar-refractivity contribution in [3.05, 3.63) is 49.4 Å². The average Bonchev–Trinajstić information content (AvgIpc) is 2.43. The van der Waals surface area contributed by atoms with Crippen molar-refractivity contribution in [2.75, 3.05) is 11.9 Å². The second-order valence-corrected chi connectivity index (χ2v) is 6.61. The highest BCUT2D eigenvalue weighted by Gasteiger charge is 2.09. The van der Waals surface area contributed by atoms with Crippen LogP contribution < -0.4 is 5.32 Å². The van der Waals surface area contributed by atoms with Gasteiger partial charge in [-0.3, -0.25) is 0 Å². The maximum Gasteiger partial charge on any atom is 0.143 e. The lowest BCUT2D eigenvalue weighted by Gasteiger charge is -2.11. The summed E-state index contributed by atoms with van der Waals surface area (Å²) in [6, 6.07) is 8.29. The lowest BCUT2D eigenvalue weighted by molar-refractivity contribution is 0.909. The second kappa shape index (κ2) is 7.36. The molecular formula is C15H17BrIN3. The van der Waals surface area contributed by atoms with E-state index < -0.39 is 0 Å². The summed E-state index contributed by atoms with van der Waals surface area (Å²) in [6.07, 6.45) is 1.84. The van der Waals surface area contributed by atoms with Crippen LogP contribution in [0.5, 0.6) is 0 Å². The average molecular weight is 446 g/mol. The Morgan fingerprint density at radius 2 is 1.90 bits per heavy atom. The third-order valence-corrected chi connectivity index (χ3v) is 4.70. The van der Waals surface area contributed by atoms with Crippen LogP contribution in [-0.2, 0) is 6.42 Å². The van der Waals surface area contributed by atoms with Gasteiger partial charge >= 0.3 is 0 Å². The smallest absolute Gasteiger partial charge is 0.143 e. The van der Waals surface area contributed by atoms with Crippen molar-refractivity contribution in [3.8, 4) is 0 Å². The lowest BCUT2D eigenvalue weighted by Crippen LogP contribution is -2.09. The highest BCUT2D eigenvalue weighted by molar-refractivity contribution is 14.1. The van der Waals surface area contributed by atoms with E-state index in [1.807, 2.05) is 19.1 Å². The minimum atomic E-state index is 0.756. The first-order chi connectivity index (χ1) is 9.60. The van der Waals surface area contributed by atoms with E-state index in [2.05, 4.69) is 72.9 Å². The van der Waals surface area contributed by atoms with Gasteiger partial charge in [-0.05, 0) is 53.6 Å². The topological polar surface area (TPSA) is 37.8 Å². The van der Waals surface area contributed by atoms with Crippen molar-refractivity contribution in [2.45, 2.75) is 26.7 Å². The van der Waals surface area contributed by atoms with Crippen LogP contribution in [0.15, 0.2) is 28.7 Å². The maximum atomic E-state index is 4.65. The Labute approximate surface area is 141 Å². The predicted molar refractivity (Wildman–Crippen MR) is 95.2 cm³/mol. The zero-order chi connectivity index (χ0) is 14.5. The molecule has 0 fully saturated rings. The van der Waals surface area contributed by atoms with Gasteiger partial charge in [0, 0.05) is 17.4 Å². The Morgan fingerprint density at radius 1 is 1.20 bits per heavy atom. The van der Waals surface area contributed by atoms with Gasteiger partial charge < -0.3 is 5.32 Å². The third-order valence-electron chi connectivity index (χ3n) is 2.88. The molecule has 3 nitrogen and oxygen atoms in total. The molecule has 0 bridgehead atoms. The molecule has 106 valence electrons. The largest absolute Gasteiger partial charge is 0.369 e. The maximum absolute atomic E-state index is 4.65. The number of hydrogen-bond donors (Lipinski definition) is 1. The summed E-state index contributed by atoms with van der Waals surface area (Å²) in [5.74, 6) is 1.82. The summed E-state index contributed by atoms with van der Waals surface area (Å²) in [5.41, 5.74) is 2.25. The number of nitrogens with zero attached hydrogens (tertiary/aromatic N) is 2. The Morgan fingerprint density at radius 3 is 2.55 bits per heavy atom. The zero-order valence-corrected chi connectivity index (χ0v) is 15.3. The number of rotatable bonds is 5. The van der Waals surface area contributed by atoms with E-state index in [9.17, 15) is 0 Å². The Balaban J connectivity index is 2.23. The van der Waals surface area contributed by atoms with Crippen LogP contribution in [0.3, 0.4) is 0 Å². The third kappa shape index (κ3) is 4.15. The molecule has 1 heterocycles. The monoisotopic (exact) mass is 445 g/mol. The number of benzene rings is 1. The van der Waals surface area contributed by atoms with E-state index in [-0.39, 0.29) is 0 Å². The molecule has 0 amide bonds. The van der Waals surface area contributed by atoms with E-state index in [0.29, 0.717) is 0 Å². The summed E-state index contributed by atoms with van der Waals surface area (Å²) in [6.45, 7) is 5.12. The number of hydrogen-bond acceptors (Lipinski definition) is 3. The van der Waals surface area contributed by atoms with Gasteiger partial charge in [-0.15, -0.1) is 0 Å². The molecule has 1 aromatic carbocycles. The molecule has 0 radical (unpaired) electrons. The van der Waals surface area contributed by atoms with Gasteiger partial charge in [0.1, 0.15) is 11.6 Å². The molecule has 20 heavy (non-hydrogen) atoms. The molecule has 0 saturated heterocycles. The zero-order valence-electron chi connectivity index (χ0n) is 11.6. The molecule has 0 aliphatic rings. The molecule has 2 aromatic rings. The molecule has 0 saturated carbocycles. The first kappa shape index (κ1) is 15.7. The highest BCUT2D eigenvalue weighted by atomic mass is 127. The molecule has 0 spiro atoms. The van der Waals surface area contributed by atoms with Crippen LogP contribution in [0.25, 0.3) is 0 Å². The van der Waals surface area contributed by atoms with Gasteiger partial charge in [-0.25, -0.2) is 9.97 Å². The van der Waals surface area contributed by atoms with Gasteiger partial charge in [-0.2, -0.15) is 0 Å². The fourth-order valence-corrected chi connectivity index (χ4v) is 2.54. The number of anilines is 1. The fraction of sp³-hybridized carbons (Fsp3) is 0.333. The van der Waals surface area contributed by atoms with E-state index in [1.165, 1.54) is 5.56 Å². The van der Waals surface area contributed by atoms with E-state index >= 15 is 0 Å². The second-order valence-electron chi connectivity index (χ2n) is 4.62. The van der Waals surface area contributed by atoms with Crippen molar-refractivity contribution < 1.29 is 0 Å². The molecule has 0 unspecified atom stereocenters. The molecule has 0 aliphatic heterocycles. The standard InChI is InChI=1S/C15H17BrIN3/c1-3-8-18-15-14(17)10(2)19-13(20-15)9-11-4-6-12(16)7-5-11/h4-7H,3,8-9H2,1-2H3,(H,18,19,20). The Bertz CT molecular complexity index is 584. The Kier molecular flexibility index (Phi) is 5.77. The van der Waals surface area contributed by atoms with E-state index in [1.54, 1.807) is 0 Å². The molecule has 1 aromatic heterocycles. The molecule has 0 aliphatic carbocycles. The number of aryl methyl sites for hydroxylation is 1. The fourth-order valence-electron chi connectivity index (χ4n) is 1.84. The van der Waals surface area contributed by atoms with Crippen molar-refractivity contribution in [1.82, 2.24) is 9.97 Å². The molecule has 2 rings (SSSR count). The summed E-state index contributed by atoms with van der Waals surface area (Å²) in [4.78, 5) is 9.24. The lowest BCUT2D eigenvalue weighted by atomic mass is 10.1. The van der Waals surface area contributed by atoms with Crippen LogP contribution in [0, 0.1) is 10.5 Å². The van der Waals surface area contributed by atoms with Crippen LogP contribution in [0.4, 0.5) is 5.82 Å². The first-order valence-corrected chi connectivity index (χ1v) is 8.48. The van der Waals surface area contributed by atoms with Crippen LogP contribution in [0.1, 0.15) is 30.4 Å². The highest BCUT2D eigenvalue weighted by Crippen LogP contribution is 2.20. The molecule has 1 N–H and O–H groups in total. The van der Waals surface area contributed by atoms with Gasteiger partial charge in [0.2, 0.25) is 0 Å². The van der Waals surface area contributed by atoms with Crippen molar-refractivity contribution in [1.29, 1.82) is 0 Å². The van der Waals surface area contributed by atoms with Gasteiger partial charge in [-0.1, -0.05) is 35.0 Å². The summed E-state index contributed by atoms with van der Waals surface area (Å²) >= 11 is 5.75. The van der Waals surface area contributed by atoms with Gasteiger partial charge in [0.25, 0.3) is 0 Å². The minimum absolute atomic E-state index is 0.756.